The molecular formula is C22H25N3O3S. The van der Waals surface area contributed by atoms with E-state index in [1.54, 1.807) is 7.05 Å². The lowest BCUT2D eigenvalue weighted by Crippen LogP contribution is -2.53. The molecule has 3 heterocycles. The number of carbonyl (C=O) groups is 3. The topological polar surface area (TPSA) is 83.7 Å². The Balaban J connectivity index is 1.70. The molecule has 3 amide bonds. The van der Waals surface area contributed by atoms with Gasteiger partial charge in [-0.25, -0.2) is 0 Å². The zero-order valence-corrected chi connectivity index (χ0v) is 17.2. The summed E-state index contributed by atoms with van der Waals surface area (Å²) in [5, 5.41) is 3.76. The van der Waals surface area contributed by atoms with Crippen molar-refractivity contribution in [3.63, 3.8) is 0 Å². The number of carbonyl (C=O) groups excluding carboxylic acids is 3. The standard InChI is InChI=1S/C22H25N3O3S/c1-24(13-19(23)26)21(28)22(11-15-5-3-2-4-6-15)12-17-7-8-18(22)25(17)20(27)16-9-10-29-14-16/h2-6,9-10,14,17-18H,7-8,11-13H2,1H3,(H2,23,26)/t17-,18+,22+/m0/s1. The van der Waals surface area contributed by atoms with Gasteiger partial charge in [0.1, 0.15) is 0 Å². The van der Waals surface area contributed by atoms with Crippen LogP contribution in [-0.4, -0.2) is 53.2 Å². The summed E-state index contributed by atoms with van der Waals surface area (Å²) in [6.45, 7) is -0.120. The Morgan fingerprint density at radius 3 is 2.62 bits per heavy atom. The lowest BCUT2D eigenvalue weighted by molar-refractivity contribution is -0.144. The smallest absolute Gasteiger partial charge is 0.255 e. The van der Waals surface area contributed by atoms with E-state index in [4.69, 9.17) is 5.73 Å². The zero-order valence-electron chi connectivity index (χ0n) is 16.4. The average molecular weight is 412 g/mol. The lowest BCUT2D eigenvalue weighted by atomic mass is 9.69. The molecule has 29 heavy (non-hydrogen) atoms. The number of nitrogens with zero attached hydrogens (tertiary/aromatic N) is 2. The van der Waals surface area contributed by atoms with Gasteiger partial charge < -0.3 is 15.5 Å². The number of hydrogen-bond acceptors (Lipinski definition) is 4. The van der Waals surface area contributed by atoms with Crippen molar-refractivity contribution in [3.8, 4) is 0 Å². The van der Waals surface area contributed by atoms with Gasteiger partial charge in [-0.3, -0.25) is 14.4 Å². The number of likely N-dealkylation sites (N-methyl/N-ethyl adjacent to an activating group) is 1. The Bertz CT molecular complexity index is 915. The summed E-state index contributed by atoms with van der Waals surface area (Å²) < 4.78 is 0. The first-order valence-corrected chi connectivity index (χ1v) is 10.8. The van der Waals surface area contributed by atoms with Crippen LogP contribution in [0.25, 0.3) is 0 Å². The number of thiophene rings is 1. The predicted molar refractivity (Wildman–Crippen MR) is 111 cm³/mol. The Hall–Kier alpha value is -2.67. The first kappa shape index (κ1) is 19.6. The molecule has 152 valence electrons. The van der Waals surface area contributed by atoms with Crippen LogP contribution < -0.4 is 5.73 Å². The highest BCUT2D eigenvalue weighted by Gasteiger charge is 2.61. The van der Waals surface area contributed by atoms with Crippen LogP contribution in [0.4, 0.5) is 0 Å². The van der Waals surface area contributed by atoms with E-state index >= 15 is 0 Å². The van der Waals surface area contributed by atoms with Crippen LogP contribution in [0.3, 0.4) is 0 Å². The van der Waals surface area contributed by atoms with Crippen LogP contribution in [0.1, 0.15) is 35.2 Å². The second-order valence-electron chi connectivity index (χ2n) is 8.12. The fourth-order valence-corrected chi connectivity index (χ4v) is 5.80. The first-order valence-electron chi connectivity index (χ1n) is 9.85. The summed E-state index contributed by atoms with van der Waals surface area (Å²) in [6, 6.07) is 11.6. The molecule has 7 heteroatoms. The quantitative estimate of drug-likeness (QED) is 0.792. The van der Waals surface area contributed by atoms with Crippen LogP contribution in [0.2, 0.25) is 0 Å². The largest absolute Gasteiger partial charge is 0.368 e. The van der Waals surface area contributed by atoms with Gasteiger partial charge in [0.15, 0.2) is 0 Å². The summed E-state index contributed by atoms with van der Waals surface area (Å²) in [7, 11) is 1.62. The van der Waals surface area contributed by atoms with Crippen LogP contribution in [-0.2, 0) is 16.0 Å². The van der Waals surface area contributed by atoms with E-state index in [2.05, 4.69) is 0 Å². The van der Waals surface area contributed by atoms with E-state index in [1.165, 1.54) is 16.2 Å². The Labute approximate surface area is 174 Å². The molecule has 4 rings (SSSR count). The summed E-state index contributed by atoms with van der Waals surface area (Å²) in [4.78, 5) is 41.7. The normalized spacial score (nSPS) is 25.2. The van der Waals surface area contributed by atoms with Gasteiger partial charge in [-0.05, 0) is 42.7 Å². The zero-order chi connectivity index (χ0) is 20.6. The third-order valence-electron chi connectivity index (χ3n) is 6.27. The molecule has 2 N–H and O–H groups in total. The fraction of sp³-hybridized carbons (Fsp3) is 0.409. The van der Waals surface area contributed by atoms with Gasteiger partial charge in [0.25, 0.3) is 5.91 Å². The van der Waals surface area contributed by atoms with Gasteiger partial charge >= 0.3 is 0 Å². The van der Waals surface area contributed by atoms with Crippen molar-refractivity contribution < 1.29 is 14.4 Å². The van der Waals surface area contributed by atoms with Crippen LogP contribution in [0.5, 0.6) is 0 Å². The first-order chi connectivity index (χ1) is 13.9. The Kier molecular flexibility index (Phi) is 5.17. The molecular weight excluding hydrogens is 386 g/mol. The van der Waals surface area contributed by atoms with Crippen LogP contribution in [0.15, 0.2) is 47.2 Å². The van der Waals surface area contributed by atoms with Gasteiger partial charge in [0.05, 0.1) is 17.5 Å². The number of primary amides is 1. The van der Waals surface area contributed by atoms with Crippen LogP contribution in [0, 0.1) is 5.41 Å². The number of benzene rings is 1. The third kappa shape index (κ3) is 3.44. The monoisotopic (exact) mass is 411 g/mol. The number of amides is 3. The van der Waals surface area contributed by atoms with E-state index in [-0.39, 0.29) is 30.4 Å². The molecule has 0 unspecified atom stereocenters. The molecule has 2 aliphatic heterocycles. The second-order valence-corrected chi connectivity index (χ2v) is 8.90. The molecule has 0 radical (unpaired) electrons. The number of rotatable bonds is 6. The minimum absolute atomic E-state index is 0.000888. The molecule has 0 aliphatic carbocycles. The van der Waals surface area contributed by atoms with E-state index in [0.29, 0.717) is 18.4 Å². The molecule has 0 spiro atoms. The molecule has 2 fully saturated rings. The Morgan fingerprint density at radius 2 is 1.97 bits per heavy atom. The molecule has 2 aliphatic rings. The van der Waals surface area contributed by atoms with Crippen molar-refractivity contribution in [2.24, 2.45) is 11.1 Å². The average Bonchev–Trinajstić information content (AvgIpc) is 3.43. The minimum atomic E-state index is -0.736. The third-order valence-corrected chi connectivity index (χ3v) is 6.95. The van der Waals surface area contributed by atoms with Gasteiger partial charge in [0.2, 0.25) is 11.8 Å². The molecule has 2 saturated heterocycles. The number of fused-ring (bicyclic) bond motifs is 2. The molecule has 2 bridgehead atoms. The van der Waals surface area contributed by atoms with E-state index in [9.17, 15) is 14.4 Å². The summed E-state index contributed by atoms with van der Waals surface area (Å²) in [5.74, 6) is -0.639. The maximum absolute atomic E-state index is 13.6. The molecule has 1 aromatic carbocycles. The molecule has 2 aromatic rings. The van der Waals surface area contributed by atoms with Crippen molar-refractivity contribution >= 4 is 29.1 Å². The maximum Gasteiger partial charge on any atom is 0.255 e. The van der Waals surface area contributed by atoms with Crippen LogP contribution >= 0.6 is 11.3 Å². The van der Waals surface area contributed by atoms with Crippen molar-refractivity contribution in [3.05, 3.63) is 58.3 Å². The second kappa shape index (κ2) is 7.63. The minimum Gasteiger partial charge on any atom is -0.368 e. The van der Waals surface area contributed by atoms with Crippen molar-refractivity contribution in [1.82, 2.24) is 9.80 Å². The summed E-state index contributed by atoms with van der Waals surface area (Å²) in [6.07, 6.45) is 2.86. The van der Waals surface area contributed by atoms with Crippen molar-refractivity contribution in [1.29, 1.82) is 0 Å². The highest BCUT2D eigenvalue weighted by Crippen LogP contribution is 2.53. The van der Waals surface area contributed by atoms with Gasteiger partial charge in [-0.15, -0.1) is 0 Å². The number of nitrogens with two attached hydrogens (primary N) is 1. The van der Waals surface area contributed by atoms with Crippen molar-refractivity contribution in [2.75, 3.05) is 13.6 Å². The van der Waals surface area contributed by atoms with E-state index in [0.717, 1.165) is 18.4 Å². The SMILES string of the molecule is CN(CC(N)=O)C(=O)[C@]1(Cc2ccccc2)C[C@@H]2CC[C@H]1N2C(=O)c1ccsc1. The van der Waals surface area contributed by atoms with Gasteiger partial charge in [0, 0.05) is 24.5 Å². The molecule has 1 aromatic heterocycles. The highest BCUT2D eigenvalue weighted by molar-refractivity contribution is 7.08. The fourth-order valence-electron chi connectivity index (χ4n) is 5.17. The Morgan fingerprint density at radius 1 is 1.21 bits per heavy atom. The molecule has 3 atom stereocenters. The van der Waals surface area contributed by atoms with Gasteiger partial charge in [-0.1, -0.05) is 30.3 Å². The van der Waals surface area contributed by atoms with Gasteiger partial charge in [-0.2, -0.15) is 11.3 Å². The highest BCUT2D eigenvalue weighted by atomic mass is 32.1. The lowest BCUT2D eigenvalue weighted by Gasteiger charge is -2.38. The molecule has 6 nitrogen and oxygen atoms in total. The van der Waals surface area contributed by atoms with E-state index < -0.39 is 11.3 Å². The van der Waals surface area contributed by atoms with E-state index in [1.807, 2.05) is 52.1 Å². The summed E-state index contributed by atoms with van der Waals surface area (Å²) in [5.41, 5.74) is 6.35. The maximum atomic E-state index is 13.6. The number of hydrogen-bond donors (Lipinski definition) is 1. The predicted octanol–water partition coefficient (Wildman–Crippen LogP) is 2.30. The van der Waals surface area contributed by atoms with Crippen molar-refractivity contribution in [2.45, 2.75) is 37.8 Å². The summed E-state index contributed by atoms with van der Waals surface area (Å²) >= 11 is 1.50. The molecule has 0 saturated carbocycles.